The Hall–Kier alpha value is -2.01. The number of benzene rings is 2. The molecule has 0 aliphatic heterocycles. The van der Waals surface area contributed by atoms with Crippen molar-refractivity contribution < 1.29 is 19.7 Å². The maximum atomic E-state index is 13.1. The van der Waals surface area contributed by atoms with Crippen LogP contribution in [0.25, 0.3) is 0 Å². The predicted octanol–water partition coefficient (Wildman–Crippen LogP) is 5.47. The largest absolute Gasteiger partial charge is 0.340 e. The van der Waals surface area contributed by atoms with Crippen LogP contribution in [0.2, 0.25) is 0 Å². The lowest BCUT2D eigenvalue weighted by molar-refractivity contribution is -0.396. The number of ketones is 1. The van der Waals surface area contributed by atoms with E-state index in [0.29, 0.717) is 28.9 Å². The summed E-state index contributed by atoms with van der Waals surface area (Å²) in [6.07, 6.45) is 6.15. The highest BCUT2D eigenvalue weighted by atomic mass is 17.1. The molecule has 0 saturated carbocycles. The minimum atomic E-state index is -1.46. The molecule has 27 heavy (non-hydrogen) atoms. The lowest BCUT2D eigenvalue weighted by atomic mass is 9.79. The van der Waals surface area contributed by atoms with Crippen LogP contribution >= 0.6 is 0 Å². The van der Waals surface area contributed by atoms with Crippen molar-refractivity contribution in [3.8, 4) is 0 Å². The first-order valence-corrected chi connectivity index (χ1v) is 9.92. The van der Waals surface area contributed by atoms with Crippen LogP contribution in [-0.4, -0.2) is 17.6 Å². The Morgan fingerprint density at radius 2 is 1.67 bits per heavy atom. The number of ether oxygens (including phenoxy) is 1. The van der Waals surface area contributed by atoms with Crippen LogP contribution in [0.15, 0.2) is 42.5 Å². The van der Waals surface area contributed by atoms with Gasteiger partial charge in [-0.05, 0) is 30.9 Å². The standard InChI is InChI=1S/C23H28O4/c1-3-5-7-10-17-13-14-21-19(16-17)22(24)18-11-8-9-12-20(18)23(21,27-25)26-15-6-4-2/h8-9,11-14,16,25H,3-7,10,15H2,1-2H3. The third kappa shape index (κ3) is 3.70. The molecule has 1 aliphatic rings. The van der Waals surface area contributed by atoms with Gasteiger partial charge in [-0.2, -0.15) is 4.89 Å². The average Bonchev–Trinajstić information content (AvgIpc) is 2.71. The first kappa shape index (κ1) is 19.7. The normalized spacial score (nSPS) is 18.3. The number of hydrogen-bond donors (Lipinski definition) is 1. The zero-order valence-corrected chi connectivity index (χ0v) is 16.2. The SMILES string of the molecule is CCCCCc1ccc2c(c1)C(=O)c1ccccc1C2(OO)OCCCC. The van der Waals surface area contributed by atoms with Gasteiger partial charge in [0.25, 0.3) is 5.79 Å². The zero-order valence-electron chi connectivity index (χ0n) is 16.2. The van der Waals surface area contributed by atoms with Crippen LogP contribution in [0.3, 0.4) is 0 Å². The number of rotatable bonds is 9. The van der Waals surface area contributed by atoms with Gasteiger partial charge in [0.1, 0.15) is 0 Å². The van der Waals surface area contributed by atoms with Gasteiger partial charge < -0.3 is 4.74 Å². The molecule has 4 heteroatoms. The Kier molecular flexibility index (Phi) is 6.42. The third-order valence-corrected chi connectivity index (χ3v) is 5.21. The smallest absolute Gasteiger partial charge is 0.255 e. The minimum Gasteiger partial charge on any atom is -0.340 e. The van der Waals surface area contributed by atoms with E-state index in [-0.39, 0.29) is 5.78 Å². The van der Waals surface area contributed by atoms with E-state index in [1.54, 1.807) is 12.1 Å². The lowest BCUT2D eigenvalue weighted by Crippen LogP contribution is -2.40. The summed E-state index contributed by atoms with van der Waals surface area (Å²) in [7, 11) is 0. The molecule has 4 nitrogen and oxygen atoms in total. The van der Waals surface area contributed by atoms with Crippen molar-refractivity contribution in [3.05, 3.63) is 70.3 Å². The molecule has 0 spiro atoms. The van der Waals surface area contributed by atoms with Crippen molar-refractivity contribution >= 4 is 5.78 Å². The monoisotopic (exact) mass is 368 g/mol. The fourth-order valence-corrected chi connectivity index (χ4v) is 3.70. The molecule has 1 N–H and O–H groups in total. The highest BCUT2D eigenvalue weighted by Gasteiger charge is 2.46. The average molecular weight is 368 g/mol. The minimum absolute atomic E-state index is 0.0512. The number of carbonyl (C=O) groups is 1. The van der Waals surface area contributed by atoms with E-state index < -0.39 is 5.79 Å². The summed E-state index contributed by atoms with van der Waals surface area (Å²) in [6.45, 7) is 4.68. The molecular weight excluding hydrogens is 340 g/mol. The highest BCUT2D eigenvalue weighted by Crippen LogP contribution is 2.43. The van der Waals surface area contributed by atoms with Crippen molar-refractivity contribution in [1.29, 1.82) is 0 Å². The predicted molar refractivity (Wildman–Crippen MR) is 105 cm³/mol. The van der Waals surface area contributed by atoms with Crippen LogP contribution < -0.4 is 0 Å². The van der Waals surface area contributed by atoms with Gasteiger partial charge in [-0.25, -0.2) is 5.26 Å². The highest BCUT2D eigenvalue weighted by molar-refractivity contribution is 6.13. The van der Waals surface area contributed by atoms with E-state index in [2.05, 4.69) is 13.8 Å². The molecule has 1 unspecified atom stereocenters. The molecule has 0 radical (unpaired) electrons. The summed E-state index contributed by atoms with van der Waals surface area (Å²) < 4.78 is 6.08. The van der Waals surface area contributed by atoms with Gasteiger partial charge in [-0.3, -0.25) is 4.79 Å². The van der Waals surface area contributed by atoms with Gasteiger partial charge in [0.15, 0.2) is 5.78 Å². The van der Waals surface area contributed by atoms with E-state index >= 15 is 0 Å². The van der Waals surface area contributed by atoms with Gasteiger partial charge >= 0.3 is 0 Å². The molecule has 0 aromatic heterocycles. The van der Waals surface area contributed by atoms with E-state index in [4.69, 9.17) is 9.62 Å². The molecule has 3 rings (SSSR count). The second-order valence-electron chi connectivity index (χ2n) is 7.12. The number of aryl methyl sites for hydroxylation is 1. The second-order valence-corrected chi connectivity index (χ2v) is 7.12. The van der Waals surface area contributed by atoms with Crippen LogP contribution in [0, 0.1) is 0 Å². The number of hydrogen-bond acceptors (Lipinski definition) is 4. The first-order chi connectivity index (χ1) is 13.2. The van der Waals surface area contributed by atoms with Gasteiger partial charge in [0, 0.05) is 22.3 Å². The van der Waals surface area contributed by atoms with Gasteiger partial charge in [0.2, 0.25) is 0 Å². The maximum absolute atomic E-state index is 13.1. The van der Waals surface area contributed by atoms with Crippen LogP contribution in [-0.2, 0) is 21.8 Å². The number of fused-ring (bicyclic) bond motifs is 2. The molecule has 1 atom stereocenters. The molecule has 1 aliphatic carbocycles. The van der Waals surface area contributed by atoms with Gasteiger partial charge in [0.05, 0.1) is 6.61 Å². The summed E-state index contributed by atoms with van der Waals surface area (Å²) in [6, 6.07) is 13.0. The molecule has 0 fully saturated rings. The van der Waals surface area contributed by atoms with E-state index in [1.165, 1.54) is 0 Å². The van der Waals surface area contributed by atoms with Crippen molar-refractivity contribution in [3.63, 3.8) is 0 Å². The fraction of sp³-hybridized carbons (Fsp3) is 0.435. The molecule has 0 amide bonds. The van der Waals surface area contributed by atoms with Crippen LogP contribution in [0.1, 0.15) is 78.6 Å². The third-order valence-electron chi connectivity index (χ3n) is 5.21. The van der Waals surface area contributed by atoms with Crippen molar-refractivity contribution in [2.24, 2.45) is 0 Å². The summed E-state index contributed by atoms with van der Waals surface area (Å²) in [5.74, 6) is -1.51. The quantitative estimate of drug-likeness (QED) is 0.276. The van der Waals surface area contributed by atoms with Gasteiger partial charge in [-0.1, -0.05) is 69.5 Å². The summed E-state index contributed by atoms with van der Waals surface area (Å²) in [5.41, 5.74) is 3.31. The van der Waals surface area contributed by atoms with E-state index in [9.17, 15) is 10.1 Å². The molecule has 2 aromatic rings. The Morgan fingerprint density at radius 3 is 2.41 bits per heavy atom. The van der Waals surface area contributed by atoms with Crippen molar-refractivity contribution in [2.45, 2.75) is 58.2 Å². The maximum Gasteiger partial charge on any atom is 0.255 e. The molecule has 0 bridgehead atoms. The van der Waals surface area contributed by atoms with E-state index in [1.807, 2.05) is 30.3 Å². The summed E-state index contributed by atoms with van der Waals surface area (Å²) >= 11 is 0. The van der Waals surface area contributed by atoms with Crippen LogP contribution in [0.5, 0.6) is 0 Å². The molecule has 144 valence electrons. The Balaban J connectivity index is 2.07. The molecule has 2 aromatic carbocycles. The van der Waals surface area contributed by atoms with Crippen molar-refractivity contribution in [1.82, 2.24) is 0 Å². The topological polar surface area (TPSA) is 55.8 Å². The lowest BCUT2D eigenvalue weighted by Gasteiger charge is -2.37. The Morgan fingerprint density at radius 1 is 0.926 bits per heavy atom. The zero-order chi connectivity index (χ0) is 19.3. The number of unbranched alkanes of at least 4 members (excludes halogenated alkanes) is 3. The summed E-state index contributed by atoms with van der Waals surface area (Å²) in [4.78, 5) is 18.1. The first-order valence-electron chi connectivity index (χ1n) is 9.92. The second kappa shape index (κ2) is 8.79. The Labute approximate surface area is 161 Å². The van der Waals surface area contributed by atoms with Gasteiger partial charge in [-0.15, -0.1) is 0 Å². The van der Waals surface area contributed by atoms with Crippen LogP contribution in [0.4, 0.5) is 0 Å². The van der Waals surface area contributed by atoms with Crippen molar-refractivity contribution in [2.75, 3.05) is 6.61 Å². The Bertz CT molecular complexity index is 799. The van der Waals surface area contributed by atoms with E-state index in [0.717, 1.165) is 44.1 Å². The summed E-state index contributed by atoms with van der Waals surface area (Å²) in [5, 5.41) is 9.93. The molecule has 0 heterocycles. The molecule has 0 saturated heterocycles. The fourth-order valence-electron chi connectivity index (χ4n) is 3.70. The number of carbonyl (C=O) groups excluding carboxylic acids is 1. The molecular formula is C23H28O4.